The number of halogens is 1. The van der Waals surface area contributed by atoms with Gasteiger partial charge in [0, 0.05) is 23.6 Å². The number of hydroxylamine groups is 2. The number of aliphatic imine (C=N–C) groups is 1. The summed E-state index contributed by atoms with van der Waals surface area (Å²) in [5.41, 5.74) is 1.08. The van der Waals surface area contributed by atoms with Crippen LogP contribution in [0.25, 0.3) is 0 Å². The van der Waals surface area contributed by atoms with Crippen LogP contribution < -0.4 is 5.32 Å². The molecule has 1 atom stereocenters. The Balaban J connectivity index is 1.66. The van der Waals surface area contributed by atoms with Gasteiger partial charge in [-0.1, -0.05) is 58.4 Å². The standard InChI is InChI=1S/C19H20BrN3O2/c1-19(12-17(24)21-13-14-7-4-3-5-8-14)22-18(23(2)25-19)15-9-6-10-16(20)11-15/h3-11H,12-13H2,1-2H3,(H,21,24). The van der Waals surface area contributed by atoms with E-state index in [4.69, 9.17) is 4.84 Å². The second-order valence-corrected chi connectivity index (χ2v) is 7.06. The second-order valence-electron chi connectivity index (χ2n) is 6.15. The number of benzene rings is 2. The molecule has 0 saturated carbocycles. The van der Waals surface area contributed by atoms with E-state index in [9.17, 15) is 4.79 Å². The largest absolute Gasteiger partial charge is 0.352 e. The van der Waals surface area contributed by atoms with E-state index in [1.807, 2.05) is 61.5 Å². The number of rotatable bonds is 5. The van der Waals surface area contributed by atoms with Crippen LogP contribution >= 0.6 is 15.9 Å². The molecule has 0 fully saturated rings. The van der Waals surface area contributed by atoms with Crippen molar-refractivity contribution in [3.8, 4) is 0 Å². The molecule has 130 valence electrons. The molecular formula is C19H20BrN3O2. The van der Waals surface area contributed by atoms with Gasteiger partial charge in [0.25, 0.3) is 0 Å². The first-order chi connectivity index (χ1) is 12.0. The van der Waals surface area contributed by atoms with Crippen molar-refractivity contribution in [3.05, 3.63) is 70.2 Å². The van der Waals surface area contributed by atoms with Crippen LogP contribution in [0.15, 0.2) is 64.1 Å². The minimum absolute atomic E-state index is 0.0982. The first-order valence-electron chi connectivity index (χ1n) is 8.04. The smallest absolute Gasteiger partial charge is 0.225 e. The molecule has 1 aliphatic heterocycles. The van der Waals surface area contributed by atoms with E-state index in [2.05, 4.69) is 26.2 Å². The Labute approximate surface area is 155 Å². The van der Waals surface area contributed by atoms with Gasteiger partial charge in [-0.3, -0.25) is 4.79 Å². The van der Waals surface area contributed by atoms with Crippen molar-refractivity contribution < 1.29 is 9.63 Å². The lowest BCUT2D eigenvalue weighted by Gasteiger charge is -2.21. The quantitative estimate of drug-likeness (QED) is 0.833. The molecule has 0 bridgehead atoms. The van der Waals surface area contributed by atoms with Crippen molar-refractivity contribution in [2.75, 3.05) is 7.05 Å². The predicted molar refractivity (Wildman–Crippen MR) is 101 cm³/mol. The number of nitrogens with zero attached hydrogens (tertiary/aromatic N) is 2. The van der Waals surface area contributed by atoms with E-state index in [0.29, 0.717) is 12.4 Å². The summed E-state index contributed by atoms with van der Waals surface area (Å²) in [6.07, 6.45) is 0.154. The zero-order valence-corrected chi connectivity index (χ0v) is 15.8. The highest BCUT2D eigenvalue weighted by Crippen LogP contribution is 2.28. The highest BCUT2D eigenvalue weighted by molar-refractivity contribution is 9.10. The summed E-state index contributed by atoms with van der Waals surface area (Å²) in [4.78, 5) is 22.8. The number of hydrogen-bond acceptors (Lipinski definition) is 4. The van der Waals surface area contributed by atoms with Gasteiger partial charge < -0.3 is 5.32 Å². The summed E-state index contributed by atoms with van der Waals surface area (Å²) in [5, 5.41) is 4.53. The molecule has 25 heavy (non-hydrogen) atoms. The molecule has 0 saturated heterocycles. The van der Waals surface area contributed by atoms with Gasteiger partial charge >= 0.3 is 0 Å². The zero-order chi connectivity index (χ0) is 17.9. The Morgan fingerprint density at radius 2 is 2.00 bits per heavy atom. The van der Waals surface area contributed by atoms with Gasteiger partial charge in [0.05, 0.1) is 6.42 Å². The Morgan fingerprint density at radius 3 is 2.72 bits per heavy atom. The van der Waals surface area contributed by atoms with Crippen molar-refractivity contribution in [2.24, 2.45) is 4.99 Å². The SMILES string of the molecule is CN1OC(C)(CC(=O)NCc2ccccc2)N=C1c1cccc(Br)c1. The second kappa shape index (κ2) is 7.37. The monoisotopic (exact) mass is 401 g/mol. The van der Waals surface area contributed by atoms with Gasteiger partial charge in [-0.05, 0) is 24.6 Å². The van der Waals surface area contributed by atoms with E-state index in [-0.39, 0.29) is 12.3 Å². The highest BCUT2D eigenvalue weighted by atomic mass is 79.9. The summed E-state index contributed by atoms with van der Waals surface area (Å²) < 4.78 is 0.968. The maximum Gasteiger partial charge on any atom is 0.225 e. The third-order valence-corrected chi connectivity index (χ3v) is 4.37. The van der Waals surface area contributed by atoms with Crippen molar-refractivity contribution in [1.82, 2.24) is 10.4 Å². The number of carbonyl (C=O) groups is 1. The van der Waals surface area contributed by atoms with Gasteiger partial charge in [0.1, 0.15) is 0 Å². The van der Waals surface area contributed by atoms with Crippen molar-refractivity contribution >= 4 is 27.7 Å². The topological polar surface area (TPSA) is 53.9 Å². The number of carbonyl (C=O) groups excluding carboxylic acids is 1. The zero-order valence-electron chi connectivity index (χ0n) is 14.2. The molecule has 0 aromatic heterocycles. The normalized spacial score (nSPS) is 19.6. The fourth-order valence-corrected chi connectivity index (χ4v) is 3.15. The molecule has 2 aromatic rings. The molecule has 1 heterocycles. The maximum absolute atomic E-state index is 12.3. The van der Waals surface area contributed by atoms with Gasteiger partial charge in [0.15, 0.2) is 11.6 Å². The summed E-state index contributed by atoms with van der Waals surface area (Å²) in [7, 11) is 1.80. The average Bonchev–Trinajstić information content (AvgIpc) is 2.88. The van der Waals surface area contributed by atoms with Crippen LogP contribution in [-0.2, 0) is 16.2 Å². The Bertz CT molecular complexity index is 794. The first kappa shape index (κ1) is 17.6. The number of nitrogens with one attached hydrogen (secondary N) is 1. The van der Waals surface area contributed by atoms with Gasteiger partial charge in [0.2, 0.25) is 5.91 Å². The first-order valence-corrected chi connectivity index (χ1v) is 8.84. The van der Waals surface area contributed by atoms with Crippen LogP contribution in [0, 0.1) is 0 Å². The van der Waals surface area contributed by atoms with Crippen molar-refractivity contribution in [1.29, 1.82) is 0 Å². The minimum Gasteiger partial charge on any atom is -0.352 e. The third-order valence-electron chi connectivity index (χ3n) is 3.88. The summed E-state index contributed by atoms with van der Waals surface area (Å²) in [6.45, 7) is 2.31. The Hall–Kier alpha value is -2.18. The maximum atomic E-state index is 12.3. The molecule has 1 aliphatic rings. The van der Waals surface area contributed by atoms with Crippen molar-refractivity contribution in [3.63, 3.8) is 0 Å². The molecule has 2 aromatic carbocycles. The van der Waals surface area contributed by atoms with Crippen LogP contribution in [0.4, 0.5) is 0 Å². The van der Waals surface area contributed by atoms with Crippen LogP contribution in [0.5, 0.6) is 0 Å². The average molecular weight is 402 g/mol. The van der Waals surface area contributed by atoms with Gasteiger partial charge in [-0.2, -0.15) is 0 Å². The molecule has 1 amide bonds. The Morgan fingerprint density at radius 1 is 1.24 bits per heavy atom. The lowest BCUT2D eigenvalue weighted by molar-refractivity contribution is -0.166. The van der Waals surface area contributed by atoms with E-state index in [1.165, 1.54) is 0 Å². The lowest BCUT2D eigenvalue weighted by Crippen LogP contribution is -2.35. The molecule has 6 heteroatoms. The molecule has 5 nitrogen and oxygen atoms in total. The molecular weight excluding hydrogens is 382 g/mol. The minimum atomic E-state index is -0.910. The molecule has 0 aliphatic carbocycles. The number of amidine groups is 1. The van der Waals surface area contributed by atoms with Gasteiger partial charge in [-0.25, -0.2) is 14.9 Å². The number of hydrogen-bond donors (Lipinski definition) is 1. The fraction of sp³-hybridized carbons (Fsp3) is 0.263. The Kier molecular flexibility index (Phi) is 5.20. The molecule has 0 radical (unpaired) electrons. The van der Waals surface area contributed by atoms with Crippen LogP contribution in [-0.4, -0.2) is 29.6 Å². The van der Waals surface area contributed by atoms with E-state index in [0.717, 1.165) is 15.6 Å². The van der Waals surface area contributed by atoms with Crippen LogP contribution in [0.2, 0.25) is 0 Å². The predicted octanol–water partition coefficient (Wildman–Crippen LogP) is 3.50. The van der Waals surface area contributed by atoms with E-state index < -0.39 is 5.72 Å². The number of amides is 1. The van der Waals surface area contributed by atoms with Crippen LogP contribution in [0.1, 0.15) is 24.5 Å². The van der Waals surface area contributed by atoms with E-state index >= 15 is 0 Å². The third kappa shape index (κ3) is 4.46. The molecule has 3 rings (SSSR count). The highest BCUT2D eigenvalue weighted by Gasteiger charge is 2.37. The van der Waals surface area contributed by atoms with Crippen LogP contribution in [0.3, 0.4) is 0 Å². The van der Waals surface area contributed by atoms with Crippen molar-refractivity contribution in [2.45, 2.75) is 25.6 Å². The molecule has 1 unspecified atom stereocenters. The summed E-state index contributed by atoms with van der Waals surface area (Å²) in [6, 6.07) is 17.6. The fourth-order valence-electron chi connectivity index (χ4n) is 2.76. The molecule has 1 N–H and O–H groups in total. The van der Waals surface area contributed by atoms with E-state index in [1.54, 1.807) is 12.1 Å². The summed E-state index contributed by atoms with van der Waals surface area (Å²) in [5.74, 6) is 0.610. The van der Waals surface area contributed by atoms with Gasteiger partial charge in [-0.15, -0.1) is 0 Å². The lowest BCUT2D eigenvalue weighted by atomic mass is 10.1. The summed E-state index contributed by atoms with van der Waals surface area (Å²) >= 11 is 3.46. The molecule has 0 spiro atoms.